The molecule has 0 atom stereocenters. The molecule has 3 aromatic rings. The highest BCUT2D eigenvalue weighted by atomic mass is 17.1. The van der Waals surface area contributed by atoms with Crippen molar-refractivity contribution in [2.24, 2.45) is 0 Å². The van der Waals surface area contributed by atoms with E-state index in [1.165, 1.54) is 7.11 Å². The number of hydrogen-bond donors (Lipinski definition) is 3. The van der Waals surface area contributed by atoms with Gasteiger partial charge in [0.1, 0.15) is 11.5 Å². The van der Waals surface area contributed by atoms with Crippen molar-refractivity contribution in [3.63, 3.8) is 0 Å². The summed E-state index contributed by atoms with van der Waals surface area (Å²) in [6.07, 6.45) is 0.806. The van der Waals surface area contributed by atoms with Crippen LogP contribution in [0.2, 0.25) is 0 Å². The first-order chi connectivity index (χ1) is 14.7. The third-order valence-electron chi connectivity index (χ3n) is 2.95. The maximum absolute atomic E-state index is 9.13. The van der Waals surface area contributed by atoms with Gasteiger partial charge in [0.05, 0.1) is 7.11 Å². The second kappa shape index (κ2) is 29.4. The SMILES string of the molecule is C.CC.CC.CC.COO.Oc1ccc(Cc2ccc(O)cc2)cc1.c1ccccc1. The molecule has 0 aliphatic heterocycles. The first-order valence-electron chi connectivity index (χ1n) is 10.4. The molecule has 0 bridgehead atoms. The molecule has 0 aliphatic rings. The number of aromatic hydroxyl groups is 2. The Morgan fingerprint density at radius 1 is 0.548 bits per heavy atom. The van der Waals surface area contributed by atoms with Gasteiger partial charge < -0.3 is 10.2 Å². The molecule has 0 saturated heterocycles. The van der Waals surface area contributed by atoms with Gasteiger partial charge in [-0.2, -0.15) is 0 Å². The van der Waals surface area contributed by atoms with E-state index in [9.17, 15) is 0 Å². The van der Waals surface area contributed by atoms with E-state index in [2.05, 4.69) is 4.89 Å². The van der Waals surface area contributed by atoms with E-state index in [1.807, 2.05) is 102 Å². The van der Waals surface area contributed by atoms with Gasteiger partial charge in [-0.15, -0.1) is 0 Å². The summed E-state index contributed by atoms with van der Waals surface area (Å²) in [4.78, 5) is 3.25. The molecule has 3 aromatic carbocycles. The molecule has 0 amide bonds. The molecular formula is C27H44O4. The van der Waals surface area contributed by atoms with Crippen molar-refractivity contribution in [1.29, 1.82) is 0 Å². The van der Waals surface area contributed by atoms with E-state index < -0.39 is 0 Å². The van der Waals surface area contributed by atoms with Crippen molar-refractivity contribution in [3.8, 4) is 11.5 Å². The average Bonchev–Trinajstić information content (AvgIpc) is 2.83. The Kier molecular flexibility index (Phi) is 33.7. The van der Waals surface area contributed by atoms with Gasteiger partial charge in [0.15, 0.2) is 0 Å². The topological polar surface area (TPSA) is 69.9 Å². The van der Waals surface area contributed by atoms with E-state index in [-0.39, 0.29) is 18.9 Å². The Morgan fingerprint density at radius 3 is 0.935 bits per heavy atom. The summed E-state index contributed by atoms with van der Waals surface area (Å²) in [5, 5.41) is 25.3. The second-order valence-corrected chi connectivity index (χ2v) is 4.85. The molecule has 0 aliphatic carbocycles. The Labute approximate surface area is 190 Å². The first kappa shape index (κ1) is 35.6. The van der Waals surface area contributed by atoms with Crippen LogP contribution in [0.5, 0.6) is 11.5 Å². The zero-order valence-corrected chi connectivity index (χ0v) is 19.5. The van der Waals surface area contributed by atoms with Crippen molar-refractivity contribution in [2.45, 2.75) is 55.4 Å². The summed E-state index contributed by atoms with van der Waals surface area (Å²) < 4.78 is 0. The molecule has 4 nitrogen and oxygen atoms in total. The summed E-state index contributed by atoms with van der Waals surface area (Å²) in [5.41, 5.74) is 2.27. The zero-order valence-electron chi connectivity index (χ0n) is 19.5. The van der Waals surface area contributed by atoms with Crippen molar-refractivity contribution < 1.29 is 20.4 Å². The molecule has 0 heterocycles. The smallest absolute Gasteiger partial charge is 0.115 e. The maximum Gasteiger partial charge on any atom is 0.115 e. The summed E-state index contributed by atoms with van der Waals surface area (Å²) >= 11 is 0. The lowest BCUT2D eigenvalue weighted by Gasteiger charge is -2.02. The molecule has 0 aromatic heterocycles. The Balaban J connectivity index is -0.000000191. The highest BCUT2D eigenvalue weighted by Crippen LogP contribution is 2.16. The second-order valence-electron chi connectivity index (χ2n) is 4.85. The third-order valence-corrected chi connectivity index (χ3v) is 2.95. The monoisotopic (exact) mass is 432 g/mol. The summed E-state index contributed by atoms with van der Waals surface area (Å²) in [7, 11) is 1.18. The van der Waals surface area contributed by atoms with Crippen LogP contribution >= 0.6 is 0 Å². The normalized spacial score (nSPS) is 7.61. The van der Waals surface area contributed by atoms with Crippen LogP contribution in [0.1, 0.15) is 60.1 Å². The number of hydrogen-bond acceptors (Lipinski definition) is 4. The highest BCUT2D eigenvalue weighted by Gasteiger charge is 1.96. The Bertz CT molecular complexity index is 581. The van der Waals surface area contributed by atoms with Crippen molar-refractivity contribution in [2.75, 3.05) is 7.11 Å². The fourth-order valence-electron chi connectivity index (χ4n) is 1.85. The lowest BCUT2D eigenvalue weighted by Crippen LogP contribution is -1.86. The number of benzene rings is 3. The van der Waals surface area contributed by atoms with Gasteiger partial charge >= 0.3 is 0 Å². The van der Waals surface area contributed by atoms with Gasteiger partial charge in [0.2, 0.25) is 0 Å². The lowest BCUT2D eigenvalue weighted by molar-refractivity contribution is -0.214. The van der Waals surface area contributed by atoms with Crippen LogP contribution < -0.4 is 0 Å². The minimum atomic E-state index is 0. The number of rotatable bonds is 2. The summed E-state index contributed by atoms with van der Waals surface area (Å²) in [6, 6.07) is 26.3. The van der Waals surface area contributed by atoms with E-state index >= 15 is 0 Å². The standard InChI is InChI=1S/C13H12O2.C6H6.3C2H6.CH4O2.CH4/c14-12-5-1-10(2-6-12)9-11-3-7-13(15)8-4-11;1-2-4-6-5-3-1;3*1-2;1-3-2;/h1-8,14-15H,9H2;1-6H;3*1-2H3;2H,1H3;1H4. The minimum absolute atomic E-state index is 0. The van der Waals surface area contributed by atoms with Crippen molar-refractivity contribution >= 4 is 0 Å². The quantitative estimate of drug-likeness (QED) is 0.282. The zero-order chi connectivity index (χ0) is 23.6. The van der Waals surface area contributed by atoms with E-state index in [4.69, 9.17) is 15.5 Å². The molecular weight excluding hydrogens is 388 g/mol. The van der Waals surface area contributed by atoms with Crippen LogP contribution in [0, 0.1) is 0 Å². The largest absolute Gasteiger partial charge is 0.508 e. The molecule has 0 radical (unpaired) electrons. The van der Waals surface area contributed by atoms with Crippen LogP contribution in [0.3, 0.4) is 0 Å². The van der Waals surface area contributed by atoms with E-state index in [0.29, 0.717) is 0 Å². The van der Waals surface area contributed by atoms with Gasteiger partial charge in [-0.1, -0.05) is 110 Å². The van der Waals surface area contributed by atoms with Crippen molar-refractivity contribution in [3.05, 3.63) is 96.1 Å². The average molecular weight is 433 g/mol. The van der Waals surface area contributed by atoms with Crippen LogP contribution in [-0.4, -0.2) is 22.6 Å². The molecule has 0 saturated carbocycles. The molecule has 3 rings (SSSR count). The van der Waals surface area contributed by atoms with Gasteiger partial charge in [0, 0.05) is 0 Å². The van der Waals surface area contributed by atoms with Gasteiger partial charge in [0.25, 0.3) is 0 Å². The first-order valence-corrected chi connectivity index (χ1v) is 10.4. The van der Waals surface area contributed by atoms with Crippen LogP contribution in [-0.2, 0) is 11.3 Å². The third kappa shape index (κ3) is 23.3. The molecule has 0 unspecified atom stereocenters. The Hall–Kier alpha value is -2.82. The highest BCUT2D eigenvalue weighted by molar-refractivity contribution is 5.33. The molecule has 0 fully saturated rings. The van der Waals surface area contributed by atoms with Gasteiger partial charge in [-0.05, 0) is 41.8 Å². The maximum atomic E-state index is 9.13. The summed E-state index contributed by atoms with van der Waals surface area (Å²) in [6.45, 7) is 12.0. The van der Waals surface area contributed by atoms with Crippen LogP contribution in [0.25, 0.3) is 0 Å². The summed E-state index contributed by atoms with van der Waals surface area (Å²) in [5.74, 6) is 0.564. The Morgan fingerprint density at radius 2 is 0.742 bits per heavy atom. The fraction of sp³-hybridized carbons (Fsp3) is 0.333. The van der Waals surface area contributed by atoms with Crippen molar-refractivity contribution in [1.82, 2.24) is 0 Å². The molecule has 0 spiro atoms. The predicted molar refractivity (Wildman–Crippen MR) is 136 cm³/mol. The molecule has 3 N–H and O–H groups in total. The molecule has 31 heavy (non-hydrogen) atoms. The van der Waals surface area contributed by atoms with Gasteiger partial charge in [-0.25, -0.2) is 4.89 Å². The van der Waals surface area contributed by atoms with E-state index in [0.717, 1.165) is 17.5 Å². The van der Waals surface area contributed by atoms with Gasteiger partial charge in [-0.3, -0.25) is 5.26 Å². The number of phenols is 2. The predicted octanol–water partition coefficient (Wildman–Crippen LogP) is 8.20. The molecule has 4 heteroatoms. The molecule has 176 valence electrons. The lowest BCUT2D eigenvalue weighted by atomic mass is 10.1. The van der Waals surface area contributed by atoms with Crippen LogP contribution in [0.4, 0.5) is 0 Å². The van der Waals surface area contributed by atoms with E-state index in [1.54, 1.807) is 24.3 Å². The number of phenolic OH excluding ortho intramolecular Hbond substituents is 2. The minimum Gasteiger partial charge on any atom is -0.508 e. The van der Waals surface area contributed by atoms with Crippen LogP contribution in [0.15, 0.2) is 84.9 Å². The fourth-order valence-corrected chi connectivity index (χ4v) is 1.85.